The minimum absolute atomic E-state index is 0.584. The Kier molecular flexibility index (Phi) is 4.94. The SMILES string of the molecule is CC(C)CCOc1ccc(-c2ccccc2[C]=O)cc1. The largest absolute Gasteiger partial charge is 0.494 e. The standard InChI is InChI=1S/C18H19O2/c1-14(2)11-12-20-17-9-7-15(8-10-17)18-6-4-3-5-16(18)13-19/h3-10,14H,11-12H2,1-2H3. The van der Waals surface area contributed by atoms with E-state index in [4.69, 9.17) is 4.74 Å². The second kappa shape index (κ2) is 6.90. The monoisotopic (exact) mass is 267 g/mol. The maximum atomic E-state index is 10.9. The molecule has 2 aromatic rings. The van der Waals surface area contributed by atoms with Crippen molar-refractivity contribution >= 4 is 6.29 Å². The highest BCUT2D eigenvalue weighted by Crippen LogP contribution is 2.25. The van der Waals surface area contributed by atoms with Crippen molar-refractivity contribution in [3.05, 3.63) is 54.1 Å². The molecule has 0 bridgehead atoms. The van der Waals surface area contributed by atoms with Gasteiger partial charge in [-0.1, -0.05) is 50.2 Å². The predicted octanol–water partition coefficient (Wildman–Crippen LogP) is 4.24. The van der Waals surface area contributed by atoms with E-state index in [-0.39, 0.29) is 0 Å². The van der Waals surface area contributed by atoms with Crippen LogP contribution in [0.15, 0.2) is 48.5 Å². The lowest BCUT2D eigenvalue weighted by atomic mass is 10.0. The first kappa shape index (κ1) is 14.3. The third kappa shape index (κ3) is 3.70. The van der Waals surface area contributed by atoms with E-state index < -0.39 is 0 Å². The molecule has 0 N–H and O–H groups in total. The van der Waals surface area contributed by atoms with Gasteiger partial charge in [-0.15, -0.1) is 0 Å². The minimum atomic E-state index is 0.584. The Labute approximate surface area is 120 Å². The summed E-state index contributed by atoms with van der Waals surface area (Å²) >= 11 is 0. The van der Waals surface area contributed by atoms with E-state index in [0.29, 0.717) is 11.5 Å². The van der Waals surface area contributed by atoms with Gasteiger partial charge in [0.05, 0.1) is 6.61 Å². The Hall–Kier alpha value is -2.09. The van der Waals surface area contributed by atoms with Crippen molar-refractivity contribution in [1.82, 2.24) is 0 Å². The fraction of sp³-hybridized carbons (Fsp3) is 0.278. The molecular weight excluding hydrogens is 248 g/mol. The van der Waals surface area contributed by atoms with E-state index in [1.54, 1.807) is 6.07 Å². The topological polar surface area (TPSA) is 26.3 Å². The first-order valence-corrected chi connectivity index (χ1v) is 6.91. The van der Waals surface area contributed by atoms with Crippen LogP contribution >= 0.6 is 0 Å². The highest BCUT2D eigenvalue weighted by Gasteiger charge is 2.04. The van der Waals surface area contributed by atoms with Crippen molar-refractivity contribution in [2.75, 3.05) is 6.61 Å². The minimum Gasteiger partial charge on any atom is -0.494 e. The van der Waals surface area contributed by atoms with Crippen molar-refractivity contribution in [2.45, 2.75) is 20.3 Å². The second-order valence-electron chi connectivity index (χ2n) is 5.20. The summed E-state index contributed by atoms with van der Waals surface area (Å²) in [6, 6.07) is 15.3. The van der Waals surface area contributed by atoms with Gasteiger partial charge in [-0.25, -0.2) is 0 Å². The zero-order valence-electron chi connectivity index (χ0n) is 11.9. The number of hydrogen-bond acceptors (Lipinski definition) is 2. The van der Waals surface area contributed by atoms with E-state index in [9.17, 15) is 4.79 Å². The van der Waals surface area contributed by atoms with Crippen molar-refractivity contribution in [3.8, 4) is 16.9 Å². The van der Waals surface area contributed by atoms with Gasteiger partial charge in [-0.05, 0) is 35.6 Å². The van der Waals surface area contributed by atoms with Gasteiger partial charge in [0.15, 0.2) is 0 Å². The zero-order valence-corrected chi connectivity index (χ0v) is 11.9. The van der Waals surface area contributed by atoms with E-state index in [2.05, 4.69) is 13.8 Å². The maximum Gasteiger partial charge on any atom is 0.234 e. The van der Waals surface area contributed by atoms with Crippen LogP contribution in [0.25, 0.3) is 11.1 Å². The van der Waals surface area contributed by atoms with Crippen LogP contribution in [0.5, 0.6) is 5.75 Å². The van der Waals surface area contributed by atoms with E-state index in [1.165, 1.54) is 0 Å². The van der Waals surface area contributed by atoms with Crippen LogP contribution in [-0.4, -0.2) is 12.9 Å². The molecule has 0 aromatic heterocycles. The van der Waals surface area contributed by atoms with Gasteiger partial charge in [0.25, 0.3) is 0 Å². The Morgan fingerprint density at radius 1 is 1.05 bits per heavy atom. The van der Waals surface area contributed by atoms with E-state index >= 15 is 0 Å². The van der Waals surface area contributed by atoms with Crippen LogP contribution in [-0.2, 0) is 4.79 Å². The van der Waals surface area contributed by atoms with Gasteiger partial charge in [-0.2, -0.15) is 0 Å². The summed E-state index contributed by atoms with van der Waals surface area (Å²) in [5.74, 6) is 1.51. The van der Waals surface area contributed by atoms with Crippen LogP contribution in [0.2, 0.25) is 0 Å². The van der Waals surface area contributed by atoms with Crippen LogP contribution in [0.1, 0.15) is 25.8 Å². The first-order chi connectivity index (χ1) is 9.70. The summed E-state index contributed by atoms with van der Waals surface area (Å²) in [7, 11) is 0. The molecule has 2 aromatic carbocycles. The molecule has 20 heavy (non-hydrogen) atoms. The summed E-state index contributed by atoms with van der Waals surface area (Å²) in [5, 5.41) is 0. The van der Waals surface area contributed by atoms with Gasteiger partial charge in [0.1, 0.15) is 5.75 Å². The van der Waals surface area contributed by atoms with Crippen molar-refractivity contribution in [1.29, 1.82) is 0 Å². The normalized spacial score (nSPS) is 10.6. The Balaban J connectivity index is 2.10. The number of hydrogen-bond donors (Lipinski definition) is 0. The molecule has 0 saturated heterocycles. The fourth-order valence-electron chi connectivity index (χ4n) is 1.97. The third-order valence-corrected chi connectivity index (χ3v) is 3.17. The smallest absolute Gasteiger partial charge is 0.234 e. The number of benzene rings is 2. The lowest BCUT2D eigenvalue weighted by Gasteiger charge is -2.09. The number of ether oxygens (including phenoxy) is 1. The molecule has 2 heteroatoms. The average molecular weight is 267 g/mol. The number of carbonyl (C=O) groups excluding carboxylic acids is 1. The zero-order chi connectivity index (χ0) is 14.4. The van der Waals surface area contributed by atoms with Crippen molar-refractivity contribution < 1.29 is 9.53 Å². The Bertz CT molecular complexity index is 556. The predicted molar refractivity (Wildman–Crippen MR) is 81.6 cm³/mol. The van der Waals surface area contributed by atoms with Crippen LogP contribution in [0.4, 0.5) is 0 Å². The Morgan fingerprint density at radius 2 is 1.75 bits per heavy atom. The molecule has 0 aliphatic heterocycles. The third-order valence-electron chi connectivity index (χ3n) is 3.17. The summed E-state index contributed by atoms with van der Waals surface area (Å²) in [4.78, 5) is 10.9. The summed E-state index contributed by atoms with van der Waals surface area (Å²) in [6.07, 6.45) is 3.02. The van der Waals surface area contributed by atoms with Crippen LogP contribution in [0, 0.1) is 5.92 Å². The second-order valence-corrected chi connectivity index (χ2v) is 5.20. The molecule has 0 atom stereocenters. The molecule has 0 unspecified atom stereocenters. The highest BCUT2D eigenvalue weighted by molar-refractivity contribution is 5.87. The molecule has 0 aliphatic rings. The molecule has 0 spiro atoms. The number of rotatable bonds is 6. The summed E-state index contributed by atoms with van der Waals surface area (Å²) in [6.45, 7) is 5.09. The molecule has 2 rings (SSSR count). The molecule has 1 radical (unpaired) electrons. The first-order valence-electron chi connectivity index (χ1n) is 6.91. The molecule has 2 nitrogen and oxygen atoms in total. The van der Waals surface area contributed by atoms with Gasteiger partial charge in [0, 0.05) is 5.56 Å². The Morgan fingerprint density at radius 3 is 2.40 bits per heavy atom. The summed E-state index contributed by atoms with van der Waals surface area (Å²) in [5.41, 5.74) is 2.48. The van der Waals surface area contributed by atoms with E-state index in [0.717, 1.165) is 29.9 Å². The maximum absolute atomic E-state index is 10.9. The molecule has 0 aliphatic carbocycles. The summed E-state index contributed by atoms with van der Waals surface area (Å²) < 4.78 is 5.69. The van der Waals surface area contributed by atoms with Gasteiger partial charge in [0.2, 0.25) is 6.29 Å². The molecule has 103 valence electrons. The van der Waals surface area contributed by atoms with E-state index in [1.807, 2.05) is 48.8 Å². The molecule has 0 heterocycles. The van der Waals surface area contributed by atoms with Crippen molar-refractivity contribution in [2.24, 2.45) is 5.92 Å². The van der Waals surface area contributed by atoms with Crippen LogP contribution in [0.3, 0.4) is 0 Å². The van der Waals surface area contributed by atoms with Gasteiger partial charge in [-0.3, -0.25) is 4.79 Å². The van der Waals surface area contributed by atoms with Gasteiger partial charge < -0.3 is 4.74 Å². The molecule has 0 fully saturated rings. The van der Waals surface area contributed by atoms with Crippen LogP contribution < -0.4 is 4.74 Å². The lowest BCUT2D eigenvalue weighted by Crippen LogP contribution is -2.01. The van der Waals surface area contributed by atoms with Crippen molar-refractivity contribution in [3.63, 3.8) is 0 Å². The fourth-order valence-corrected chi connectivity index (χ4v) is 1.97. The molecule has 0 amide bonds. The van der Waals surface area contributed by atoms with Gasteiger partial charge >= 0.3 is 0 Å². The highest BCUT2D eigenvalue weighted by atomic mass is 16.5. The molecular formula is C18H19O2. The lowest BCUT2D eigenvalue weighted by molar-refractivity contribution is 0.289. The quantitative estimate of drug-likeness (QED) is 0.782. The average Bonchev–Trinajstić information content (AvgIpc) is 2.47. The molecule has 0 saturated carbocycles.